The van der Waals surface area contributed by atoms with Crippen LogP contribution in [0.15, 0.2) is 6.20 Å². The number of amides is 1. The first-order valence-corrected chi connectivity index (χ1v) is 6.77. The van der Waals surface area contributed by atoms with Crippen molar-refractivity contribution in [2.45, 2.75) is 32.2 Å². The van der Waals surface area contributed by atoms with E-state index in [1.807, 2.05) is 6.92 Å². The molecule has 2 atom stereocenters. The number of aromatic nitrogens is 2. The van der Waals surface area contributed by atoms with Gasteiger partial charge in [0.2, 0.25) is 11.9 Å². The fourth-order valence-corrected chi connectivity index (χ4v) is 3.07. The van der Waals surface area contributed by atoms with E-state index in [2.05, 4.69) is 20.2 Å². The zero-order valence-electron chi connectivity index (χ0n) is 11.1. The van der Waals surface area contributed by atoms with Crippen LogP contribution >= 0.6 is 0 Å². The van der Waals surface area contributed by atoms with Crippen molar-refractivity contribution in [2.24, 2.45) is 5.92 Å². The molecule has 1 amide bonds. The molecular weight excluding hydrogens is 242 g/mol. The van der Waals surface area contributed by atoms with Gasteiger partial charge >= 0.3 is 0 Å². The van der Waals surface area contributed by atoms with E-state index in [4.69, 9.17) is 5.73 Å². The highest BCUT2D eigenvalue weighted by molar-refractivity contribution is 5.77. The van der Waals surface area contributed by atoms with Gasteiger partial charge in [0, 0.05) is 37.3 Å². The van der Waals surface area contributed by atoms with Crippen LogP contribution in [-0.2, 0) is 4.79 Å². The van der Waals surface area contributed by atoms with Gasteiger partial charge in [-0.2, -0.15) is 4.98 Å². The number of nitrogens with two attached hydrogens (primary N) is 1. The van der Waals surface area contributed by atoms with Gasteiger partial charge in [-0.1, -0.05) is 0 Å². The summed E-state index contributed by atoms with van der Waals surface area (Å²) in [6.07, 6.45) is 4.35. The number of nitrogens with zero attached hydrogens (tertiary/aromatic N) is 3. The first-order valence-electron chi connectivity index (χ1n) is 6.77. The van der Waals surface area contributed by atoms with Gasteiger partial charge in [0.05, 0.1) is 0 Å². The van der Waals surface area contributed by atoms with Gasteiger partial charge in [0.1, 0.15) is 5.82 Å². The number of carbonyl (C=O) groups excluding carboxylic acids is 1. The average molecular weight is 261 g/mol. The van der Waals surface area contributed by atoms with Crippen molar-refractivity contribution in [1.82, 2.24) is 15.3 Å². The molecular formula is C13H19N5O. The second-order valence-electron chi connectivity index (χ2n) is 5.44. The van der Waals surface area contributed by atoms with Crippen molar-refractivity contribution in [3.8, 4) is 0 Å². The number of nitrogens with one attached hydrogen (secondary N) is 1. The van der Waals surface area contributed by atoms with Crippen molar-refractivity contribution in [3.05, 3.63) is 11.8 Å². The van der Waals surface area contributed by atoms with Crippen LogP contribution < -0.4 is 16.0 Å². The molecule has 2 unspecified atom stereocenters. The molecule has 19 heavy (non-hydrogen) atoms. The standard InChI is InChI=1S/C13H19N5O/c1-8-6-15-13(14)17-12(8)18-5-4-10-9(7-18)2-3-11(19)16-10/h6,9-10H,2-5,7H2,1H3,(H,16,19)(H2,14,15,17). The molecule has 0 radical (unpaired) electrons. The summed E-state index contributed by atoms with van der Waals surface area (Å²) in [5.41, 5.74) is 6.73. The molecule has 0 aromatic carbocycles. The fourth-order valence-electron chi connectivity index (χ4n) is 3.07. The molecule has 0 bridgehead atoms. The smallest absolute Gasteiger partial charge is 0.221 e. The molecule has 6 heteroatoms. The zero-order chi connectivity index (χ0) is 13.4. The maximum absolute atomic E-state index is 11.4. The predicted molar refractivity (Wildman–Crippen MR) is 72.7 cm³/mol. The third-order valence-electron chi connectivity index (χ3n) is 4.09. The number of aryl methyl sites for hydroxylation is 1. The fraction of sp³-hybridized carbons (Fsp3) is 0.615. The van der Waals surface area contributed by atoms with E-state index in [0.29, 0.717) is 24.3 Å². The highest BCUT2D eigenvalue weighted by Gasteiger charge is 2.34. The molecule has 2 aliphatic heterocycles. The predicted octanol–water partition coefficient (Wildman–Crippen LogP) is 0.472. The first-order chi connectivity index (χ1) is 9.13. The highest BCUT2D eigenvalue weighted by atomic mass is 16.1. The molecule has 3 heterocycles. The first kappa shape index (κ1) is 12.2. The van der Waals surface area contributed by atoms with Crippen LogP contribution in [0.3, 0.4) is 0 Å². The molecule has 0 saturated carbocycles. The molecule has 1 aromatic heterocycles. The minimum absolute atomic E-state index is 0.192. The second-order valence-corrected chi connectivity index (χ2v) is 5.44. The number of anilines is 2. The molecule has 3 N–H and O–H groups in total. The summed E-state index contributed by atoms with van der Waals surface area (Å²) in [6, 6.07) is 0.331. The maximum atomic E-state index is 11.4. The lowest BCUT2D eigenvalue weighted by Gasteiger charge is -2.42. The van der Waals surface area contributed by atoms with Crippen LogP contribution in [0.1, 0.15) is 24.8 Å². The minimum atomic E-state index is 0.192. The highest BCUT2D eigenvalue weighted by Crippen LogP contribution is 2.29. The molecule has 0 spiro atoms. The Morgan fingerprint density at radius 1 is 1.47 bits per heavy atom. The lowest BCUT2D eigenvalue weighted by molar-refractivity contribution is -0.124. The van der Waals surface area contributed by atoms with Gasteiger partial charge < -0.3 is 16.0 Å². The Kier molecular flexibility index (Phi) is 3.00. The summed E-state index contributed by atoms with van der Waals surface area (Å²) in [6.45, 7) is 3.84. The summed E-state index contributed by atoms with van der Waals surface area (Å²) < 4.78 is 0. The Labute approximate surface area is 112 Å². The molecule has 2 fully saturated rings. The van der Waals surface area contributed by atoms with E-state index in [0.717, 1.165) is 37.3 Å². The largest absolute Gasteiger partial charge is 0.368 e. The molecule has 6 nitrogen and oxygen atoms in total. The van der Waals surface area contributed by atoms with Crippen LogP contribution in [-0.4, -0.2) is 35.0 Å². The van der Waals surface area contributed by atoms with Crippen LogP contribution in [0.2, 0.25) is 0 Å². The summed E-state index contributed by atoms with van der Waals surface area (Å²) >= 11 is 0. The van der Waals surface area contributed by atoms with E-state index in [9.17, 15) is 4.79 Å². The number of piperidine rings is 2. The SMILES string of the molecule is Cc1cnc(N)nc1N1CCC2NC(=O)CCC2C1. The van der Waals surface area contributed by atoms with Gasteiger partial charge in [-0.25, -0.2) is 4.98 Å². The Morgan fingerprint density at radius 3 is 3.16 bits per heavy atom. The maximum Gasteiger partial charge on any atom is 0.221 e. The molecule has 2 aliphatic rings. The van der Waals surface area contributed by atoms with E-state index >= 15 is 0 Å². The third kappa shape index (κ3) is 2.34. The Morgan fingerprint density at radius 2 is 2.32 bits per heavy atom. The van der Waals surface area contributed by atoms with Gasteiger partial charge in [0.25, 0.3) is 0 Å². The van der Waals surface area contributed by atoms with Crippen LogP contribution in [0.5, 0.6) is 0 Å². The van der Waals surface area contributed by atoms with E-state index in [1.165, 1.54) is 0 Å². The van der Waals surface area contributed by atoms with Crippen molar-refractivity contribution in [1.29, 1.82) is 0 Å². The van der Waals surface area contributed by atoms with Crippen molar-refractivity contribution >= 4 is 17.7 Å². The normalized spacial score (nSPS) is 26.8. The minimum Gasteiger partial charge on any atom is -0.368 e. The topological polar surface area (TPSA) is 84.1 Å². The number of nitrogen functional groups attached to an aromatic ring is 1. The van der Waals surface area contributed by atoms with Gasteiger partial charge in [-0.3, -0.25) is 4.79 Å². The summed E-state index contributed by atoms with van der Waals surface area (Å²) in [4.78, 5) is 22.0. The van der Waals surface area contributed by atoms with Gasteiger partial charge in [-0.05, 0) is 25.7 Å². The number of fused-ring (bicyclic) bond motifs is 1. The third-order valence-corrected chi connectivity index (χ3v) is 4.09. The molecule has 3 rings (SSSR count). The van der Waals surface area contributed by atoms with Gasteiger partial charge in [0.15, 0.2) is 0 Å². The average Bonchev–Trinajstić information content (AvgIpc) is 2.41. The second kappa shape index (κ2) is 4.68. The summed E-state index contributed by atoms with van der Waals surface area (Å²) in [5, 5.41) is 3.09. The van der Waals surface area contributed by atoms with Gasteiger partial charge in [-0.15, -0.1) is 0 Å². The van der Waals surface area contributed by atoms with Crippen LogP contribution in [0, 0.1) is 12.8 Å². The Balaban J connectivity index is 1.77. The number of hydrogen-bond donors (Lipinski definition) is 2. The molecule has 1 aromatic rings. The monoisotopic (exact) mass is 261 g/mol. The number of hydrogen-bond acceptors (Lipinski definition) is 5. The van der Waals surface area contributed by atoms with E-state index < -0.39 is 0 Å². The molecule has 102 valence electrons. The number of rotatable bonds is 1. The quantitative estimate of drug-likeness (QED) is 0.768. The van der Waals surface area contributed by atoms with Crippen molar-refractivity contribution in [2.75, 3.05) is 23.7 Å². The lowest BCUT2D eigenvalue weighted by Crippen LogP contribution is -2.54. The Bertz CT molecular complexity index is 504. The number of carbonyl (C=O) groups is 1. The van der Waals surface area contributed by atoms with Crippen molar-refractivity contribution < 1.29 is 4.79 Å². The van der Waals surface area contributed by atoms with Crippen molar-refractivity contribution in [3.63, 3.8) is 0 Å². The van der Waals surface area contributed by atoms with E-state index in [1.54, 1.807) is 6.20 Å². The lowest BCUT2D eigenvalue weighted by atomic mass is 9.85. The van der Waals surface area contributed by atoms with Crippen LogP contribution in [0.4, 0.5) is 11.8 Å². The summed E-state index contributed by atoms with van der Waals surface area (Å²) in [7, 11) is 0. The zero-order valence-corrected chi connectivity index (χ0v) is 11.1. The van der Waals surface area contributed by atoms with Crippen LogP contribution in [0.25, 0.3) is 0 Å². The molecule has 0 aliphatic carbocycles. The van der Waals surface area contributed by atoms with E-state index in [-0.39, 0.29) is 5.91 Å². The molecule has 2 saturated heterocycles. The Hall–Kier alpha value is -1.85. The summed E-state index contributed by atoms with van der Waals surface area (Å²) in [5.74, 6) is 1.96.